The summed E-state index contributed by atoms with van der Waals surface area (Å²) in [6, 6.07) is 12.7. The Kier molecular flexibility index (Phi) is 7.41. The van der Waals surface area contributed by atoms with E-state index in [1.165, 1.54) is 11.8 Å². The van der Waals surface area contributed by atoms with Crippen molar-refractivity contribution >= 4 is 34.4 Å². The zero-order valence-corrected chi connectivity index (χ0v) is 18.7. The van der Waals surface area contributed by atoms with Crippen LogP contribution in [-0.4, -0.2) is 55.5 Å². The van der Waals surface area contributed by atoms with Crippen molar-refractivity contribution in [1.29, 1.82) is 0 Å². The summed E-state index contributed by atoms with van der Waals surface area (Å²) in [5.41, 5.74) is 1.55. The monoisotopic (exact) mass is 443 g/mol. The van der Waals surface area contributed by atoms with Crippen LogP contribution in [0.4, 0.5) is 5.69 Å². The number of methoxy groups -OCH3 is 3. The number of aliphatic imine (C=N–C) groups is 1. The van der Waals surface area contributed by atoms with Crippen molar-refractivity contribution in [3.63, 3.8) is 0 Å². The van der Waals surface area contributed by atoms with E-state index in [-0.39, 0.29) is 18.2 Å². The van der Waals surface area contributed by atoms with Crippen LogP contribution in [-0.2, 0) is 16.1 Å². The third-order valence-electron chi connectivity index (χ3n) is 4.76. The van der Waals surface area contributed by atoms with Crippen LogP contribution in [0.3, 0.4) is 0 Å². The lowest BCUT2D eigenvalue weighted by Crippen LogP contribution is -2.33. The second kappa shape index (κ2) is 10.2. The molecule has 0 radical (unpaired) electrons. The molecule has 1 aliphatic rings. The van der Waals surface area contributed by atoms with Crippen LogP contribution in [0.5, 0.6) is 17.2 Å². The summed E-state index contributed by atoms with van der Waals surface area (Å²) < 4.78 is 15.8. The number of carbonyl (C=O) groups excluding carboxylic acids is 2. The first kappa shape index (κ1) is 22.5. The fourth-order valence-electron chi connectivity index (χ4n) is 3.07. The van der Waals surface area contributed by atoms with Crippen LogP contribution in [0, 0.1) is 0 Å². The zero-order chi connectivity index (χ0) is 22.4. The highest BCUT2D eigenvalue weighted by atomic mass is 32.2. The summed E-state index contributed by atoms with van der Waals surface area (Å²) >= 11 is 1.29. The lowest BCUT2D eigenvalue weighted by atomic mass is 10.1. The van der Waals surface area contributed by atoms with Crippen molar-refractivity contribution in [3.05, 3.63) is 48.0 Å². The third kappa shape index (κ3) is 5.29. The van der Waals surface area contributed by atoms with Crippen molar-refractivity contribution in [2.45, 2.75) is 18.2 Å². The van der Waals surface area contributed by atoms with Gasteiger partial charge in [0.1, 0.15) is 11.0 Å². The summed E-state index contributed by atoms with van der Waals surface area (Å²) in [7, 11) is 6.29. The average Bonchev–Trinajstić information content (AvgIpc) is 3.07. The number of benzene rings is 2. The Hall–Kier alpha value is -3.20. The predicted molar refractivity (Wildman–Crippen MR) is 120 cm³/mol. The second-order valence-corrected chi connectivity index (χ2v) is 7.86. The Balaban J connectivity index is 1.91. The first-order valence-corrected chi connectivity index (χ1v) is 10.5. The number of rotatable bonds is 8. The Morgan fingerprint density at radius 3 is 2.39 bits per heavy atom. The van der Waals surface area contributed by atoms with Gasteiger partial charge in [0.2, 0.25) is 11.8 Å². The number of amides is 2. The highest BCUT2D eigenvalue weighted by molar-refractivity contribution is 8.15. The molecule has 1 aliphatic heterocycles. The molecule has 2 aromatic carbocycles. The van der Waals surface area contributed by atoms with Gasteiger partial charge in [-0.25, -0.2) is 4.99 Å². The summed E-state index contributed by atoms with van der Waals surface area (Å²) in [5.74, 6) is 1.56. The smallest absolute Gasteiger partial charge is 0.242 e. The van der Waals surface area contributed by atoms with E-state index in [1.807, 2.05) is 36.4 Å². The van der Waals surface area contributed by atoms with Crippen LogP contribution in [0.1, 0.15) is 12.0 Å². The van der Waals surface area contributed by atoms with Crippen molar-refractivity contribution in [2.24, 2.45) is 4.99 Å². The van der Waals surface area contributed by atoms with Gasteiger partial charge < -0.3 is 19.5 Å². The fourth-order valence-corrected chi connectivity index (χ4v) is 4.23. The standard InChI is InChI=1S/C22H25N3O5S/c1-23-20(26)12-19-21(27)25(13-14-5-10-17(29-3)18(11-14)30-4)22(31-19)24-15-6-8-16(28-2)9-7-15/h5-11,19H,12-13H2,1-4H3,(H,23,26)/t19-/m0/s1. The molecule has 1 fully saturated rings. The fraction of sp³-hybridized carbons (Fsp3) is 0.318. The molecule has 0 spiro atoms. The number of thioether (sulfide) groups is 1. The molecule has 1 saturated heterocycles. The van der Waals surface area contributed by atoms with Crippen molar-refractivity contribution < 1.29 is 23.8 Å². The van der Waals surface area contributed by atoms with Gasteiger partial charge in [-0.1, -0.05) is 17.8 Å². The van der Waals surface area contributed by atoms with E-state index >= 15 is 0 Å². The summed E-state index contributed by atoms with van der Waals surface area (Å²) in [4.78, 5) is 31.3. The molecule has 0 aliphatic carbocycles. The molecule has 1 heterocycles. The van der Waals surface area contributed by atoms with E-state index in [9.17, 15) is 9.59 Å². The number of ether oxygens (including phenoxy) is 3. The first-order chi connectivity index (χ1) is 15.0. The van der Waals surface area contributed by atoms with Crippen molar-refractivity contribution in [3.8, 4) is 17.2 Å². The van der Waals surface area contributed by atoms with Gasteiger partial charge in [0.25, 0.3) is 0 Å². The van der Waals surface area contributed by atoms with Crippen LogP contribution in [0.25, 0.3) is 0 Å². The predicted octanol–water partition coefficient (Wildman–Crippen LogP) is 2.98. The molecular formula is C22H25N3O5S. The van der Waals surface area contributed by atoms with E-state index in [2.05, 4.69) is 10.3 Å². The minimum Gasteiger partial charge on any atom is -0.497 e. The minimum absolute atomic E-state index is 0.0874. The van der Waals surface area contributed by atoms with Crippen molar-refractivity contribution in [1.82, 2.24) is 10.2 Å². The quantitative estimate of drug-likeness (QED) is 0.675. The molecule has 1 N–H and O–H groups in total. The largest absolute Gasteiger partial charge is 0.497 e. The number of nitrogens with one attached hydrogen (secondary N) is 1. The highest BCUT2D eigenvalue weighted by Gasteiger charge is 2.39. The molecule has 164 valence electrons. The Morgan fingerprint density at radius 2 is 1.77 bits per heavy atom. The van der Waals surface area contributed by atoms with Gasteiger partial charge in [-0.2, -0.15) is 0 Å². The third-order valence-corrected chi connectivity index (χ3v) is 5.93. The molecule has 31 heavy (non-hydrogen) atoms. The molecule has 2 amide bonds. The van der Waals surface area contributed by atoms with E-state index in [0.29, 0.717) is 28.9 Å². The molecular weight excluding hydrogens is 418 g/mol. The maximum absolute atomic E-state index is 13.1. The van der Waals surface area contributed by atoms with E-state index in [1.54, 1.807) is 39.3 Å². The first-order valence-electron chi connectivity index (χ1n) is 9.61. The Labute approximate surface area is 185 Å². The molecule has 8 nitrogen and oxygen atoms in total. The molecule has 0 saturated carbocycles. The number of carbonyl (C=O) groups is 2. The molecule has 3 rings (SSSR count). The maximum Gasteiger partial charge on any atom is 0.242 e. The van der Waals surface area contributed by atoms with E-state index in [0.717, 1.165) is 11.3 Å². The molecule has 0 aromatic heterocycles. The van der Waals surface area contributed by atoms with E-state index in [4.69, 9.17) is 14.2 Å². The summed E-state index contributed by atoms with van der Waals surface area (Å²) in [6.45, 7) is 0.297. The summed E-state index contributed by atoms with van der Waals surface area (Å²) in [6.07, 6.45) is 0.0874. The average molecular weight is 444 g/mol. The maximum atomic E-state index is 13.1. The molecule has 0 bridgehead atoms. The topological polar surface area (TPSA) is 89.5 Å². The van der Waals surface area contributed by atoms with Gasteiger partial charge in [-0.05, 0) is 42.0 Å². The van der Waals surface area contributed by atoms with Crippen LogP contribution in [0.2, 0.25) is 0 Å². The van der Waals surface area contributed by atoms with Gasteiger partial charge in [-0.15, -0.1) is 0 Å². The van der Waals surface area contributed by atoms with Crippen molar-refractivity contribution in [2.75, 3.05) is 28.4 Å². The SMILES string of the molecule is CNC(=O)C[C@@H]1SC(=Nc2ccc(OC)cc2)N(Cc2ccc(OC)c(OC)c2)C1=O. The van der Waals surface area contributed by atoms with Gasteiger partial charge in [0, 0.05) is 13.5 Å². The normalized spacial score (nSPS) is 17.0. The molecule has 0 unspecified atom stereocenters. The van der Waals surface area contributed by atoms with Crippen LogP contribution < -0.4 is 19.5 Å². The van der Waals surface area contributed by atoms with Gasteiger partial charge in [0.05, 0.1) is 33.6 Å². The zero-order valence-electron chi connectivity index (χ0n) is 17.9. The number of hydrogen-bond donors (Lipinski definition) is 1. The number of amidine groups is 1. The minimum atomic E-state index is -0.530. The van der Waals surface area contributed by atoms with Crippen LogP contribution >= 0.6 is 11.8 Å². The molecule has 1 atom stereocenters. The summed E-state index contributed by atoms with van der Waals surface area (Å²) in [5, 5.41) is 2.58. The van der Waals surface area contributed by atoms with Crippen LogP contribution in [0.15, 0.2) is 47.5 Å². The van der Waals surface area contributed by atoms with Gasteiger partial charge in [0.15, 0.2) is 16.7 Å². The molecule has 9 heteroatoms. The second-order valence-electron chi connectivity index (χ2n) is 6.69. The number of hydrogen-bond acceptors (Lipinski definition) is 7. The highest BCUT2D eigenvalue weighted by Crippen LogP contribution is 2.34. The van der Waals surface area contributed by atoms with Gasteiger partial charge >= 0.3 is 0 Å². The Morgan fingerprint density at radius 1 is 1.06 bits per heavy atom. The van der Waals surface area contributed by atoms with E-state index < -0.39 is 5.25 Å². The molecule has 2 aromatic rings. The Bertz CT molecular complexity index is 978. The lowest BCUT2D eigenvalue weighted by molar-refractivity contribution is -0.129. The van der Waals surface area contributed by atoms with Gasteiger partial charge in [-0.3, -0.25) is 14.5 Å². The lowest BCUT2D eigenvalue weighted by Gasteiger charge is -2.18. The number of nitrogens with zero attached hydrogens (tertiary/aromatic N) is 2.